The van der Waals surface area contributed by atoms with Gasteiger partial charge < -0.3 is 10.6 Å². The highest BCUT2D eigenvalue weighted by molar-refractivity contribution is 5.62. The lowest BCUT2D eigenvalue weighted by Crippen LogP contribution is -2.17. The Hall–Kier alpha value is -1.62. The molecule has 0 unspecified atom stereocenters. The maximum absolute atomic E-state index is 10.9. The average molecular weight is 237 g/mol. The molecule has 0 fully saturated rings. The number of anilines is 1. The topological polar surface area (TPSA) is 67.2 Å². The van der Waals surface area contributed by atoms with Gasteiger partial charge >= 0.3 is 0 Å². The molecule has 0 aliphatic heterocycles. The molecule has 2 N–H and O–H groups in total. The molecule has 0 amide bonds. The van der Waals surface area contributed by atoms with Crippen LogP contribution in [0.3, 0.4) is 0 Å². The number of nitro benzene ring substituents is 1. The summed E-state index contributed by atoms with van der Waals surface area (Å²) < 4.78 is 0. The largest absolute Gasteiger partial charge is 0.379 e. The molecule has 1 aromatic rings. The van der Waals surface area contributed by atoms with E-state index in [1.54, 1.807) is 12.1 Å². The summed E-state index contributed by atoms with van der Waals surface area (Å²) in [7, 11) is 0. The molecule has 0 heterocycles. The van der Waals surface area contributed by atoms with Gasteiger partial charge in [-0.15, -0.1) is 0 Å². The molecule has 5 heteroatoms. The number of hydrogen-bond acceptors (Lipinski definition) is 4. The lowest BCUT2D eigenvalue weighted by Gasteiger charge is -2.07. The summed E-state index contributed by atoms with van der Waals surface area (Å²) in [5.74, 6) is 0. The van der Waals surface area contributed by atoms with Crippen molar-refractivity contribution in [1.29, 1.82) is 0 Å². The van der Waals surface area contributed by atoms with Crippen LogP contribution in [-0.4, -0.2) is 24.6 Å². The quantitative estimate of drug-likeness (QED) is 0.434. The van der Waals surface area contributed by atoms with Crippen LogP contribution < -0.4 is 10.6 Å². The zero-order chi connectivity index (χ0) is 12.7. The fourth-order valence-corrected chi connectivity index (χ4v) is 1.56. The van der Waals surface area contributed by atoms with Gasteiger partial charge in [0.15, 0.2) is 0 Å². The van der Waals surface area contributed by atoms with Gasteiger partial charge in [-0.05, 0) is 38.1 Å². The summed E-state index contributed by atoms with van der Waals surface area (Å²) in [5.41, 5.74) is 1.64. The highest BCUT2D eigenvalue weighted by atomic mass is 16.6. The molecule has 0 aliphatic rings. The molecule has 94 valence electrons. The number of nitro groups is 1. The third-order valence-electron chi connectivity index (χ3n) is 2.45. The Bertz CT molecular complexity index is 380. The highest BCUT2D eigenvalue weighted by Crippen LogP contribution is 2.24. The minimum atomic E-state index is -0.348. The van der Waals surface area contributed by atoms with Gasteiger partial charge in [0, 0.05) is 12.6 Å². The second-order valence-corrected chi connectivity index (χ2v) is 3.91. The summed E-state index contributed by atoms with van der Waals surface area (Å²) in [6, 6.07) is 5.23. The van der Waals surface area contributed by atoms with Gasteiger partial charge in [-0.2, -0.15) is 0 Å². The Balaban J connectivity index is 2.55. The molecular weight excluding hydrogens is 218 g/mol. The summed E-state index contributed by atoms with van der Waals surface area (Å²) in [5, 5.41) is 17.2. The summed E-state index contributed by atoms with van der Waals surface area (Å²) in [4.78, 5) is 10.5. The third kappa shape index (κ3) is 4.40. The van der Waals surface area contributed by atoms with Crippen molar-refractivity contribution in [3.05, 3.63) is 33.9 Å². The standard InChI is InChI=1S/C12H19N3O2/c1-3-13-7-4-8-14-11-6-5-10(2)9-12(11)15(16)17/h5-6,9,13-14H,3-4,7-8H2,1-2H3. The molecule has 0 spiro atoms. The summed E-state index contributed by atoms with van der Waals surface area (Å²) in [6.45, 7) is 6.50. The van der Waals surface area contributed by atoms with E-state index < -0.39 is 0 Å². The van der Waals surface area contributed by atoms with Gasteiger partial charge in [0.05, 0.1) is 4.92 Å². The number of rotatable bonds is 7. The van der Waals surface area contributed by atoms with Gasteiger partial charge in [-0.1, -0.05) is 13.0 Å². The second kappa shape index (κ2) is 6.85. The van der Waals surface area contributed by atoms with E-state index in [0.717, 1.165) is 31.6 Å². The summed E-state index contributed by atoms with van der Waals surface area (Å²) in [6.07, 6.45) is 0.943. The Morgan fingerprint density at radius 3 is 2.76 bits per heavy atom. The highest BCUT2D eigenvalue weighted by Gasteiger charge is 2.12. The average Bonchev–Trinajstić information content (AvgIpc) is 2.30. The molecular formula is C12H19N3O2. The van der Waals surface area contributed by atoms with Crippen molar-refractivity contribution in [3.63, 3.8) is 0 Å². The van der Waals surface area contributed by atoms with Crippen LogP contribution in [0.1, 0.15) is 18.9 Å². The van der Waals surface area contributed by atoms with E-state index >= 15 is 0 Å². The Morgan fingerprint density at radius 1 is 1.35 bits per heavy atom. The molecule has 0 saturated heterocycles. The van der Waals surface area contributed by atoms with E-state index in [1.165, 1.54) is 0 Å². The molecule has 0 aromatic heterocycles. The van der Waals surface area contributed by atoms with E-state index in [-0.39, 0.29) is 10.6 Å². The Kier molecular flexibility index (Phi) is 5.42. The number of benzene rings is 1. The molecule has 0 saturated carbocycles. The van der Waals surface area contributed by atoms with Crippen LogP contribution in [0.4, 0.5) is 11.4 Å². The monoisotopic (exact) mass is 237 g/mol. The van der Waals surface area contributed by atoms with Crippen LogP contribution in [0.25, 0.3) is 0 Å². The van der Waals surface area contributed by atoms with Crippen molar-refractivity contribution in [2.75, 3.05) is 25.0 Å². The number of hydrogen-bond donors (Lipinski definition) is 2. The molecule has 1 aromatic carbocycles. The minimum absolute atomic E-state index is 0.147. The van der Waals surface area contributed by atoms with Crippen molar-refractivity contribution < 1.29 is 4.92 Å². The van der Waals surface area contributed by atoms with E-state index in [2.05, 4.69) is 17.6 Å². The van der Waals surface area contributed by atoms with Gasteiger partial charge in [0.1, 0.15) is 5.69 Å². The number of nitrogens with one attached hydrogen (secondary N) is 2. The first-order chi connectivity index (χ1) is 8.15. The van der Waals surface area contributed by atoms with Gasteiger partial charge in [0.2, 0.25) is 0 Å². The van der Waals surface area contributed by atoms with E-state index in [0.29, 0.717) is 5.69 Å². The van der Waals surface area contributed by atoms with Crippen LogP contribution in [0.5, 0.6) is 0 Å². The molecule has 0 radical (unpaired) electrons. The first kappa shape index (κ1) is 13.4. The predicted molar refractivity (Wildman–Crippen MR) is 69.5 cm³/mol. The minimum Gasteiger partial charge on any atom is -0.379 e. The Labute approximate surface area is 101 Å². The first-order valence-electron chi connectivity index (χ1n) is 5.84. The van der Waals surface area contributed by atoms with Crippen molar-refractivity contribution in [1.82, 2.24) is 5.32 Å². The van der Waals surface area contributed by atoms with Crippen LogP contribution >= 0.6 is 0 Å². The van der Waals surface area contributed by atoms with E-state index in [9.17, 15) is 10.1 Å². The van der Waals surface area contributed by atoms with Crippen LogP contribution in [0.2, 0.25) is 0 Å². The normalized spacial score (nSPS) is 10.2. The molecule has 0 bridgehead atoms. The first-order valence-corrected chi connectivity index (χ1v) is 5.84. The van der Waals surface area contributed by atoms with Crippen LogP contribution in [0.15, 0.2) is 18.2 Å². The maximum atomic E-state index is 10.9. The second-order valence-electron chi connectivity index (χ2n) is 3.91. The van der Waals surface area contributed by atoms with Gasteiger partial charge in [-0.25, -0.2) is 0 Å². The number of aryl methyl sites for hydroxylation is 1. The lowest BCUT2D eigenvalue weighted by molar-refractivity contribution is -0.384. The van der Waals surface area contributed by atoms with Crippen molar-refractivity contribution in [2.45, 2.75) is 20.3 Å². The smallest absolute Gasteiger partial charge is 0.292 e. The van der Waals surface area contributed by atoms with Gasteiger partial charge in [-0.3, -0.25) is 10.1 Å². The molecule has 1 rings (SSSR count). The van der Waals surface area contributed by atoms with E-state index in [1.807, 2.05) is 13.0 Å². The van der Waals surface area contributed by atoms with Gasteiger partial charge in [0.25, 0.3) is 5.69 Å². The van der Waals surface area contributed by atoms with Crippen molar-refractivity contribution in [3.8, 4) is 0 Å². The van der Waals surface area contributed by atoms with E-state index in [4.69, 9.17) is 0 Å². The molecule has 0 aliphatic carbocycles. The van der Waals surface area contributed by atoms with Crippen molar-refractivity contribution >= 4 is 11.4 Å². The van der Waals surface area contributed by atoms with Crippen molar-refractivity contribution in [2.24, 2.45) is 0 Å². The predicted octanol–water partition coefficient (Wildman–Crippen LogP) is 2.31. The Morgan fingerprint density at radius 2 is 2.12 bits per heavy atom. The maximum Gasteiger partial charge on any atom is 0.292 e. The number of nitrogens with zero attached hydrogens (tertiary/aromatic N) is 1. The summed E-state index contributed by atoms with van der Waals surface area (Å²) >= 11 is 0. The zero-order valence-corrected chi connectivity index (χ0v) is 10.3. The lowest BCUT2D eigenvalue weighted by atomic mass is 10.2. The van der Waals surface area contributed by atoms with Crippen LogP contribution in [-0.2, 0) is 0 Å². The van der Waals surface area contributed by atoms with Crippen LogP contribution in [0, 0.1) is 17.0 Å². The SMILES string of the molecule is CCNCCCNc1ccc(C)cc1[N+](=O)[O-]. The molecule has 17 heavy (non-hydrogen) atoms. The fourth-order valence-electron chi connectivity index (χ4n) is 1.56. The zero-order valence-electron chi connectivity index (χ0n) is 10.3. The third-order valence-corrected chi connectivity index (χ3v) is 2.45. The molecule has 0 atom stereocenters. The fraction of sp³-hybridized carbons (Fsp3) is 0.500. The molecule has 5 nitrogen and oxygen atoms in total.